The molecule has 166 valence electrons. The maximum atomic E-state index is 13.3. The van der Waals surface area contributed by atoms with Gasteiger partial charge in [-0.05, 0) is 44.4 Å². The van der Waals surface area contributed by atoms with Crippen molar-refractivity contribution in [2.24, 2.45) is 0 Å². The predicted molar refractivity (Wildman–Crippen MR) is 130 cm³/mol. The van der Waals surface area contributed by atoms with Gasteiger partial charge in [0.2, 0.25) is 0 Å². The van der Waals surface area contributed by atoms with Crippen molar-refractivity contribution in [1.82, 2.24) is 24.8 Å². The molecule has 1 aliphatic heterocycles. The van der Waals surface area contributed by atoms with E-state index in [2.05, 4.69) is 27.1 Å². The van der Waals surface area contributed by atoms with Crippen LogP contribution in [0.4, 0.5) is 0 Å². The van der Waals surface area contributed by atoms with Gasteiger partial charge in [-0.1, -0.05) is 30.3 Å². The highest BCUT2D eigenvalue weighted by atomic mass is 32.1. The molecule has 7 heteroatoms. The number of carbonyl (C=O) groups excluding carboxylic acids is 1. The zero-order valence-corrected chi connectivity index (χ0v) is 19.5. The van der Waals surface area contributed by atoms with E-state index in [-0.39, 0.29) is 11.8 Å². The van der Waals surface area contributed by atoms with Crippen molar-refractivity contribution in [1.29, 1.82) is 0 Å². The molecular weight excluding hydrogens is 430 g/mol. The number of benzene rings is 1. The number of rotatable bonds is 4. The SMILES string of the molecule is Cc1nc(C)c(C(=O)N2CCCC(c3nc(-c4ccncc4)ncc3-c3ccccc3)C2)s1. The number of amides is 1. The molecule has 1 unspecified atom stereocenters. The average molecular weight is 456 g/mol. The van der Waals surface area contributed by atoms with Crippen LogP contribution in [0.1, 0.15) is 44.8 Å². The largest absolute Gasteiger partial charge is 0.337 e. The van der Waals surface area contributed by atoms with E-state index < -0.39 is 0 Å². The monoisotopic (exact) mass is 455 g/mol. The second kappa shape index (κ2) is 9.19. The predicted octanol–water partition coefficient (Wildman–Crippen LogP) is 5.30. The Morgan fingerprint density at radius 3 is 2.55 bits per heavy atom. The van der Waals surface area contributed by atoms with Crippen molar-refractivity contribution >= 4 is 17.2 Å². The molecule has 1 saturated heterocycles. The lowest BCUT2D eigenvalue weighted by Gasteiger charge is -2.33. The number of hydrogen-bond acceptors (Lipinski definition) is 6. The Kier molecular flexibility index (Phi) is 5.96. The first kappa shape index (κ1) is 21.4. The van der Waals surface area contributed by atoms with Crippen molar-refractivity contribution in [3.05, 3.63) is 82.3 Å². The highest BCUT2D eigenvalue weighted by Crippen LogP contribution is 2.35. The van der Waals surface area contributed by atoms with Gasteiger partial charge in [-0.3, -0.25) is 9.78 Å². The van der Waals surface area contributed by atoms with Gasteiger partial charge in [0.15, 0.2) is 5.82 Å². The summed E-state index contributed by atoms with van der Waals surface area (Å²) in [6, 6.07) is 14.1. The molecule has 1 atom stereocenters. The summed E-state index contributed by atoms with van der Waals surface area (Å²) < 4.78 is 0. The number of aromatic nitrogens is 4. The minimum absolute atomic E-state index is 0.0764. The molecule has 0 bridgehead atoms. The second-order valence-electron chi connectivity index (χ2n) is 8.33. The Morgan fingerprint density at radius 1 is 1.03 bits per heavy atom. The average Bonchev–Trinajstić information content (AvgIpc) is 3.22. The highest BCUT2D eigenvalue weighted by Gasteiger charge is 2.30. The molecule has 0 radical (unpaired) electrons. The lowest BCUT2D eigenvalue weighted by molar-refractivity contribution is 0.0710. The van der Waals surface area contributed by atoms with Gasteiger partial charge in [-0.25, -0.2) is 15.0 Å². The number of piperidine rings is 1. The Hall–Kier alpha value is -3.45. The van der Waals surface area contributed by atoms with Gasteiger partial charge in [0.1, 0.15) is 4.88 Å². The maximum absolute atomic E-state index is 13.3. The van der Waals surface area contributed by atoms with Crippen molar-refractivity contribution in [2.45, 2.75) is 32.6 Å². The van der Waals surface area contributed by atoms with Crippen LogP contribution in [0.2, 0.25) is 0 Å². The van der Waals surface area contributed by atoms with Crippen molar-refractivity contribution in [2.75, 3.05) is 13.1 Å². The van der Waals surface area contributed by atoms with E-state index in [0.717, 1.165) is 57.3 Å². The third-order valence-corrected chi connectivity index (χ3v) is 7.10. The van der Waals surface area contributed by atoms with E-state index in [4.69, 9.17) is 4.98 Å². The first-order valence-corrected chi connectivity index (χ1v) is 12.0. The Bertz CT molecular complexity index is 1270. The summed E-state index contributed by atoms with van der Waals surface area (Å²) in [6.45, 7) is 5.26. The van der Waals surface area contributed by atoms with Crippen LogP contribution in [0.3, 0.4) is 0 Å². The molecule has 0 N–H and O–H groups in total. The van der Waals surface area contributed by atoms with E-state index in [1.807, 2.05) is 55.3 Å². The molecule has 4 aromatic rings. The summed E-state index contributed by atoms with van der Waals surface area (Å²) in [5.74, 6) is 0.896. The normalized spacial score (nSPS) is 16.1. The van der Waals surface area contributed by atoms with Crippen molar-refractivity contribution < 1.29 is 4.79 Å². The van der Waals surface area contributed by atoms with Gasteiger partial charge in [-0.2, -0.15) is 0 Å². The molecule has 1 aliphatic rings. The summed E-state index contributed by atoms with van der Waals surface area (Å²) >= 11 is 1.48. The topological polar surface area (TPSA) is 71.9 Å². The minimum Gasteiger partial charge on any atom is -0.337 e. The molecule has 5 rings (SSSR count). The summed E-state index contributed by atoms with van der Waals surface area (Å²) in [5.41, 5.74) is 4.86. The first-order valence-electron chi connectivity index (χ1n) is 11.2. The fourth-order valence-electron chi connectivity index (χ4n) is 4.44. The molecule has 4 heterocycles. The van der Waals surface area contributed by atoms with Crippen molar-refractivity contribution in [3.63, 3.8) is 0 Å². The molecule has 1 aromatic carbocycles. The van der Waals surface area contributed by atoms with Crippen LogP contribution >= 0.6 is 11.3 Å². The fraction of sp³-hybridized carbons (Fsp3) is 0.269. The number of aryl methyl sites for hydroxylation is 2. The van der Waals surface area contributed by atoms with Gasteiger partial charge in [0.25, 0.3) is 5.91 Å². The first-order chi connectivity index (χ1) is 16.1. The smallest absolute Gasteiger partial charge is 0.265 e. The van der Waals surface area contributed by atoms with Crippen LogP contribution in [-0.4, -0.2) is 43.8 Å². The van der Waals surface area contributed by atoms with Crippen LogP contribution in [0.15, 0.2) is 61.1 Å². The molecule has 0 aliphatic carbocycles. The highest BCUT2D eigenvalue weighted by molar-refractivity contribution is 7.13. The van der Waals surface area contributed by atoms with E-state index in [0.29, 0.717) is 12.4 Å². The number of likely N-dealkylation sites (tertiary alicyclic amines) is 1. The Balaban J connectivity index is 1.52. The van der Waals surface area contributed by atoms with Gasteiger partial charge in [-0.15, -0.1) is 11.3 Å². The standard InChI is InChI=1S/C26H25N5OS/c1-17-24(33-18(2)29-17)26(32)31-14-6-9-21(16-31)23-22(19-7-4-3-5-8-19)15-28-25(30-23)20-10-12-27-13-11-20/h3-5,7-8,10-13,15,21H,6,9,14,16H2,1-2H3. The zero-order valence-electron chi connectivity index (χ0n) is 18.7. The second-order valence-corrected chi connectivity index (χ2v) is 9.54. The van der Waals surface area contributed by atoms with E-state index in [1.165, 1.54) is 11.3 Å². The quantitative estimate of drug-likeness (QED) is 0.418. The van der Waals surface area contributed by atoms with Crippen LogP contribution in [0, 0.1) is 13.8 Å². The Labute approximate surface area is 197 Å². The molecule has 0 saturated carbocycles. The third-order valence-electron chi connectivity index (χ3n) is 6.03. The minimum atomic E-state index is 0.0764. The summed E-state index contributed by atoms with van der Waals surface area (Å²) in [6.07, 6.45) is 7.35. The number of thiazole rings is 1. The van der Waals surface area contributed by atoms with E-state index >= 15 is 0 Å². The molecular formula is C26H25N5OS. The van der Waals surface area contributed by atoms with Gasteiger partial charge in [0.05, 0.1) is 16.4 Å². The lowest BCUT2D eigenvalue weighted by atomic mass is 9.89. The van der Waals surface area contributed by atoms with Gasteiger partial charge in [0, 0.05) is 48.7 Å². The maximum Gasteiger partial charge on any atom is 0.265 e. The van der Waals surface area contributed by atoms with Crippen molar-refractivity contribution in [3.8, 4) is 22.5 Å². The van der Waals surface area contributed by atoms with Gasteiger partial charge < -0.3 is 4.90 Å². The molecule has 3 aromatic heterocycles. The van der Waals surface area contributed by atoms with E-state index in [1.54, 1.807) is 12.4 Å². The van der Waals surface area contributed by atoms with Gasteiger partial charge >= 0.3 is 0 Å². The van der Waals surface area contributed by atoms with Crippen LogP contribution in [0.5, 0.6) is 0 Å². The van der Waals surface area contributed by atoms with E-state index in [9.17, 15) is 4.79 Å². The lowest BCUT2D eigenvalue weighted by Crippen LogP contribution is -2.39. The summed E-state index contributed by atoms with van der Waals surface area (Å²) in [5, 5.41) is 0.925. The van der Waals surface area contributed by atoms with Crippen LogP contribution in [0.25, 0.3) is 22.5 Å². The third kappa shape index (κ3) is 4.41. The summed E-state index contributed by atoms with van der Waals surface area (Å²) in [7, 11) is 0. The number of pyridine rings is 1. The zero-order chi connectivity index (χ0) is 22.8. The molecule has 33 heavy (non-hydrogen) atoms. The molecule has 6 nitrogen and oxygen atoms in total. The number of carbonyl (C=O) groups is 1. The molecule has 1 fully saturated rings. The number of nitrogens with zero attached hydrogens (tertiary/aromatic N) is 5. The fourth-order valence-corrected chi connectivity index (χ4v) is 5.33. The number of hydrogen-bond donors (Lipinski definition) is 0. The van der Waals surface area contributed by atoms with Crippen LogP contribution < -0.4 is 0 Å². The Morgan fingerprint density at radius 2 is 1.82 bits per heavy atom. The van der Waals surface area contributed by atoms with Crippen LogP contribution in [-0.2, 0) is 0 Å². The molecule has 0 spiro atoms. The molecule has 1 amide bonds. The summed E-state index contributed by atoms with van der Waals surface area (Å²) in [4.78, 5) is 34.3.